The van der Waals surface area contributed by atoms with Crippen LogP contribution >= 0.6 is 0 Å². The summed E-state index contributed by atoms with van der Waals surface area (Å²) in [5, 5.41) is 3.05. The van der Waals surface area contributed by atoms with Crippen LogP contribution in [-0.2, 0) is 16.0 Å². The van der Waals surface area contributed by atoms with E-state index in [1.165, 1.54) is 7.11 Å². The first-order valence-electron chi connectivity index (χ1n) is 5.81. The lowest BCUT2D eigenvalue weighted by atomic mass is 10.0. The molecule has 0 saturated carbocycles. The van der Waals surface area contributed by atoms with Gasteiger partial charge in [0.05, 0.1) is 13.5 Å². The average molecular weight is 257 g/mol. The fourth-order valence-electron chi connectivity index (χ4n) is 1.75. The molecule has 0 aliphatic rings. The lowest BCUT2D eigenvalue weighted by Crippen LogP contribution is -2.33. The van der Waals surface area contributed by atoms with E-state index in [2.05, 4.69) is 10.1 Å². The summed E-state index contributed by atoms with van der Waals surface area (Å²) in [6, 6.07) is 3.04. The zero-order chi connectivity index (χ0) is 13.5. The first-order chi connectivity index (χ1) is 8.56. The highest BCUT2D eigenvalue weighted by molar-refractivity contribution is 5.70. The van der Waals surface area contributed by atoms with E-state index in [0.717, 1.165) is 18.2 Å². The number of ether oxygens (including phenoxy) is 1. The first-order valence-corrected chi connectivity index (χ1v) is 5.81. The Kier molecular flexibility index (Phi) is 5.71. The summed E-state index contributed by atoms with van der Waals surface area (Å²) in [5.74, 6) is -1.33. The largest absolute Gasteiger partial charge is 0.469 e. The molecule has 1 atom stereocenters. The van der Waals surface area contributed by atoms with Gasteiger partial charge in [-0.15, -0.1) is 0 Å². The number of nitrogens with one attached hydrogen (secondary N) is 1. The van der Waals surface area contributed by atoms with Gasteiger partial charge in [0.1, 0.15) is 11.6 Å². The van der Waals surface area contributed by atoms with Crippen LogP contribution in [-0.4, -0.2) is 25.7 Å². The Morgan fingerprint density at radius 1 is 1.44 bits per heavy atom. The molecule has 0 aromatic heterocycles. The minimum absolute atomic E-state index is 0.125. The summed E-state index contributed by atoms with van der Waals surface area (Å²) in [7, 11) is 1.30. The van der Waals surface area contributed by atoms with E-state index in [0.29, 0.717) is 6.54 Å². The Balaban J connectivity index is 2.75. The van der Waals surface area contributed by atoms with Crippen LogP contribution in [0.5, 0.6) is 0 Å². The fraction of sp³-hybridized carbons (Fsp3) is 0.462. The number of methoxy groups -OCH3 is 1. The Morgan fingerprint density at radius 2 is 2.17 bits per heavy atom. The molecule has 100 valence electrons. The second-order valence-electron chi connectivity index (χ2n) is 3.97. The third-order valence-corrected chi connectivity index (χ3v) is 2.61. The van der Waals surface area contributed by atoms with Crippen LogP contribution < -0.4 is 5.32 Å². The smallest absolute Gasteiger partial charge is 0.307 e. The van der Waals surface area contributed by atoms with Crippen molar-refractivity contribution in [3.63, 3.8) is 0 Å². The lowest BCUT2D eigenvalue weighted by Gasteiger charge is -2.17. The molecule has 0 aliphatic carbocycles. The number of esters is 1. The number of likely N-dealkylation sites (N-methyl/N-ethyl adjacent to an activating group) is 1. The van der Waals surface area contributed by atoms with Gasteiger partial charge in [-0.05, 0) is 36.7 Å². The summed E-state index contributed by atoms with van der Waals surface area (Å²) >= 11 is 0. The molecule has 3 nitrogen and oxygen atoms in total. The minimum Gasteiger partial charge on any atom is -0.469 e. The summed E-state index contributed by atoms with van der Waals surface area (Å²) in [6.07, 6.45) is 0.368. The number of carbonyl (C=O) groups excluding carboxylic acids is 1. The number of hydrogen-bond donors (Lipinski definition) is 1. The lowest BCUT2D eigenvalue weighted by molar-refractivity contribution is -0.141. The first kappa shape index (κ1) is 14.6. The molecule has 1 rings (SSSR count). The number of carbonyl (C=O) groups is 1. The van der Waals surface area contributed by atoms with Crippen molar-refractivity contribution in [1.29, 1.82) is 0 Å². The van der Waals surface area contributed by atoms with Crippen LogP contribution in [0, 0.1) is 11.6 Å². The van der Waals surface area contributed by atoms with Gasteiger partial charge in [-0.25, -0.2) is 8.78 Å². The van der Waals surface area contributed by atoms with E-state index >= 15 is 0 Å². The van der Waals surface area contributed by atoms with E-state index in [-0.39, 0.29) is 30.4 Å². The normalized spacial score (nSPS) is 12.2. The Bertz CT molecular complexity index is 410. The van der Waals surface area contributed by atoms with Gasteiger partial charge in [-0.2, -0.15) is 0 Å². The van der Waals surface area contributed by atoms with Crippen LogP contribution in [0.25, 0.3) is 0 Å². The quantitative estimate of drug-likeness (QED) is 0.793. The van der Waals surface area contributed by atoms with E-state index in [4.69, 9.17) is 0 Å². The van der Waals surface area contributed by atoms with Crippen molar-refractivity contribution in [1.82, 2.24) is 5.32 Å². The molecule has 1 aromatic rings. The minimum atomic E-state index is -0.486. The predicted octanol–water partition coefficient (Wildman–Crippen LogP) is 2.05. The predicted molar refractivity (Wildman–Crippen MR) is 64.2 cm³/mol. The molecule has 18 heavy (non-hydrogen) atoms. The summed E-state index contributed by atoms with van der Waals surface area (Å²) < 4.78 is 31.1. The Hall–Kier alpha value is -1.49. The van der Waals surface area contributed by atoms with Crippen LogP contribution in [0.4, 0.5) is 8.78 Å². The van der Waals surface area contributed by atoms with Crippen molar-refractivity contribution in [2.75, 3.05) is 13.7 Å². The van der Waals surface area contributed by atoms with Gasteiger partial charge in [-0.1, -0.05) is 6.92 Å². The zero-order valence-electron chi connectivity index (χ0n) is 10.5. The Morgan fingerprint density at radius 3 is 2.78 bits per heavy atom. The molecule has 1 unspecified atom stereocenters. The number of rotatable bonds is 6. The van der Waals surface area contributed by atoms with Crippen molar-refractivity contribution in [3.8, 4) is 0 Å². The molecule has 0 spiro atoms. The molecule has 1 N–H and O–H groups in total. The van der Waals surface area contributed by atoms with Crippen LogP contribution in [0.1, 0.15) is 18.9 Å². The molecule has 0 aliphatic heterocycles. The second-order valence-corrected chi connectivity index (χ2v) is 3.97. The maximum atomic E-state index is 13.5. The molecule has 0 bridgehead atoms. The van der Waals surface area contributed by atoms with Crippen molar-refractivity contribution in [2.24, 2.45) is 0 Å². The number of halogens is 2. The molecule has 5 heteroatoms. The highest BCUT2D eigenvalue weighted by atomic mass is 19.1. The number of hydrogen-bond acceptors (Lipinski definition) is 3. The van der Waals surface area contributed by atoms with Crippen LogP contribution in [0.15, 0.2) is 18.2 Å². The zero-order valence-corrected chi connectivity index (χ0v) is 10.5. The molecule has 0 amide bonds. The fourth-order valence-corrected chi connectivity index (χ4v) is 1.75. The molecular formula is C13H17F2NO2. The van der Waals surface area contributed by atoms with Crippen molar-refractivity contribution in [3.05, 3.63) is 35.4 Å². The highest BCUT2D eigenvalue weighted by Crippen LogP contribution is 2.13. The van der Waals surface area contributed by atoms with Gasteiger partial charge in [0.15, 0.2) is 0 Å². The molecular weight excluding hydrogens is 240 g/mol. The Labute approximate surface area is 105 Å². The molecule has 1 aromatic carbocycles. The second kappa shape index (κ2) is 7.06. The van der Waals surface area contributed by atoms with Gasteiger partial charge in [0.2, 0.25) is 0 Å². The standard InChI is InChI=1S/C13H17F2NO2/c1-3-16-11(8-13(17)18-2)7-9-6-10(14)4-5-12(9)15/h4-6,11,16H,3,7-8H2,1-2H3. The van der Waals surface area contributed by atoms with Gasteiger partial charge < -0.3 is 10.1 Å². The van der Waals surface area contributed by atoms with Crippen LogP contribution in [0.2, 0.25) is 0 Å². The monoisotopic (exact) mass is 257 g/mol. The average Bonchev–Trinajstić information content (AvgIpc) is 2.34. The topological polar surface area (TPSA) is 38.3 Å². The van der Waals surface area contributed by atoms with Crippen molar-refractivity contribution < 1.29 is 18.3 Å². The van der Waals surface area contributed by atoms with Crippen LogP contribution in [0.3, 0.4) is 0 Å². The van der Waals surface area contributed by atoms with Gasteiger partial charge in [0.25, 0.3) is 0 Å². The maximum Gasteiger partial charge on any atom is 0.307 e. The van der Waals surface area contributed by atoms with Gasteiger partial charge >= 0.3 is 5.97 Å². The third kappa shape index (κ3) is 4.41. The maximum absolute atomic E-state index is 13.5. The van der Waals surface area contributed by atoms with Crippen molar-refractivity contribution >= 4 is 5.97 Å². The van der Waals surface area contributed by atoms with Crippen molar-refractivity contribution in [2.45, 2.75) is 25.8 Å². The SMILES string of the molecule is CCNC(CC(=O)OC)Cc1cc(F)ccc1F. The van der Waals surface area contributed by atoms with E-state index < -0.39 is 11.6 Å². The van der Waals surface area contributed by atoms with E-state index in [1.54, 1.807) is 0 Å². The molecule has 0 fully saturated rings. The van der Waals surface area contributed by atoms with Gasteiger partial charge in [0, 0.05) is 6.04 Å². The van der Waals surface area contributed by atoms with E-state index in [1.807, 2.05) is 6.92 Å². The molecule has 0 heterocycles. The molecule has 0 saturated heterocycles. The highest BCUT2D eigenvalue weighted by Gasteiger charge is 2.16. The number of benzene rings is 1. The third-order valence-electron chi connectivity index (χ3n) is 2.61. The summed E-state index contributed by atoms with van der Waals surface area (Å²) in [6.45, 7) is 2.52. The van der Waals surface area contributed by atoms with E-state index in [9.17, 15) is 13.6 Å². The summed E-state index contributed by atoms with van der Waals surface area (Å²) in [4.78, 5) is 11.2. The summed E-state index contributed by atoms with van der Waals surface area (Å²) in [5.41, 5.74) is 0.254. The molecule has 0 radical (unpaired) electrons. The van der Waals surface area contributed by atoms with Gasteiger partial charge in [-0.3, -0.25) is 4.79 Å².